The van der Waals surface area contributed by atoms with Crippen LogP contribution in [0.5, 0.6) is 0 Å². The van der Waals surface area contributed by atoms with E-state index in [1.807, 2.05) is 13.8 Å². The highest BCUT2D eigenvalue weighted by atomic mass is 35.5. The van der Waals surface area contributed by atoms with Crippen molar-refractivity contribution in [2.45, 2.75) is 25.9 Å². The van der Waals surface area contributed by atoms with E-state index in [0.717, 1.165) is 5.56 Å². The van der Waals surface area contributed by atoms with Crippen molar-refractivity contribution in [2.24, 2.45) is 11.7 Å². The van der Waals surface area contributed by atoms with Gasteiger partial charge in [-0.25, -0.2) is 0 Å². The van der Waals surface area contributed by atoms with Gasteiger partial charge >= 0.3 is 0 Å². The monoisotopic (exact) mass is 298 g/mol. The van der Waals surface area contributed by atoms with Crippen molar-refractivity contribution in [2.75, 3.05) is 6.54 Å². The average molecular weight is 299 g/mol. The molecule has 110 valence electrons. The first-order chi connectivity index (χ1) is 9.32. The molecule has 6 heteroatoms. The Balaban J connectivity index is 2.78. The van der Waals surface area contributed by atoms with Crippen LogP contribution in [-0.4, -0.2) is 29.6 Å². The molecule has 5 nitrogen and oxygen atoms in total. The number of nitrogens with two attached hydrogens (primary N) is 1. The fourth-order valence-corrected chi connectivity index (χ4v) is 2.04. The number of amides is 2. The van der Waals surface area contributed by atoms with Crippen LogP contribution < -0.4 is 11.1 Å². The number of benzene rings is 1. The Morgan fingerprint density at radius 1 is 1.30 bits per heavy atom. The molecule has 4 N–H and O–H groups in total. The molecule has 0 aliphatic heterocycles. The largest absolute Gasteiger partial charge is 0.381 e. The predicted octanol–water partition coefficient (Wildman–Crippen LogP) is 1.04. The molecule has 0 saturated carbocycles. The standard InChI is InChI=1S/C14H19ClN2O3/c1-8(2)12(9-3-5-10(15)6-4-9)14(20)17-7-11(18)13(16)19/h3-6,8,11-12,18H,7H2,1-2H3,(H2,16,19)(H,17,20). The lowest BCUT2D eigenvalue weighted by Crippen LogP contribution is -2.42. The lowest BCUT2D eigenvalue weighted by atomic mass is 9.87. The van der Waals surface area contributed by atoms with Crippen LogP contribution in [0.25, 0.3) is 0 Å². The zero-order valence-electron chi connectivity index (χ0n) is 11.5. The molecule has 0 bridgehead atoms. The summed E-state index contributed by atoms with van der Waals surface area (Å²) < 4.78 is 0. The van der Waals surface area contributed by atoms with Gasteiger partial charge in [0.15, 0.2) is 0 Å². The van der Waals surface area contributed by atoms with Crippen LogP contribution in [0.15, 0.2) is 24.3 Å². The summed E-state index contributed by atoms with van der Waals surface area (Å²) in [5, 5.41) is 12.4. The Kier molecular flexibility index (Phi) is 5.98. The van der Waals surface area contributed by atoms with Crippen molar-refractivity contribution < 1.29 is 14.7 Å². The van der Waals surface area contributed by atoms with Gasteiger partial charge in [0.2, 0.25) is 11.8 Å². The number of primary amides is 1. The first-order valence-corrected chi connectivity index (χ1v) is 6.71. The molecule has 0 heterocycles. The zero-order valence-corrected chi connectivity index (χ0v) is 12.2. The molecule has 0 aliphatic rings. The van der Waals surface area contributed by atoms with Gasteiger partial charge in [-0.3, -0.25) is 9.59 Å². The number of aliphatic hydroxyl groups is 1. The summed E-state index contributed by atoms with van der Waals surface area (Å²) in [5.41, 5.74) is 5.76. The molecule has 0 spiro atoms. The van der Waals surface area contributed by atoms with Crippen LogP contribution in [0.3, 0.4) is 0 Å². The molecule has 1 aromatic rings. The number of hydrogen-bond acceptors (Lipinski definition) is 3. The van der Waals surface area contributed by atoms with Crippen molar-refractivity contribution in [1.29, 1.82) is 0 Å². The van der Waals surface area contributed by atoms with Crippen molar-refractivity contribution in [3.05, 3.63) is 34.9 Å². The molecule has 2 atom stereocenters. The van der Waals surface area contributed by atoms with Crippen molar-refractivity contribution in [1.82, 2.24) is 5.32 Å². The summed E-state index contributed by atoms with van der Waals surface area (Å²) in [5.74, 6) is -1.45. The van der Waals surface area contributed by atoms with E-state index in [0.29, 0.717) is 5.02 Å². The van der Waals surface area contributed by atoms with E-state index in [2.05, 4.69) is 5.32 Å². The highest BCUT2D eigenvalue weighted by Gasteiger charge is 2.25. The molecular formula is C14H19ClN2O3. The van der Waals surface area contributed by atoms with E-state index < -0.39 is 12.0 Å². The molecular weight excluding hydrogens is 280 g/mol. The van der Waals surface area contributed by atoms with Gasteiger partial charge in [-0.15, -0.1) is 0 Å². The summed E-state index contributed by atoms with van der Waals surface area (Å²) >= 11 is 5.83. The number of rotatable bonds is 6. The molecule has 1 aromatic carbocycles. The molecule has 1 rings (SSSR count). The number of aliphatic hydroxyl groups excluding tert-OH is 1. The van der Waals surface area contributed by atoms with E-state index in [9.17, 15) is 14.7 Å². The maximum absolute atomic E-state index is 12.2. The van der Waals surface area contributed by atoms with Gasteiger partial charge in [-0.1, -0.05) is 37.6 Å². The molecule has 2 unspecified atom stereocenters. The van der Waals surface area contributed by atoms with Crippen LogP contribution in [0.2, 0.25) is 5.02 Å². The van der Waals surface area contributed by atoms with Crippen LogP contribution in [0, 0.1) is 5.92 Å². The third-order valence-electron chi connectivity index (χ3n) is 2.98. The SMILES string of the molecule is CC(C)C(C(=O)NCC(O)C(N)=O)c1ccc(Cl)cc1. The van der Waals surface area contributed by atoms with Gasteiger partial charge < -0.3 is 16.2 Å². The second kappa shape index (κ2) is 7.26. The average Bonchev–Trinajstić information content (AvgIpc) is 2.38. The number of carbonyl (C=O) groups excluding carboxylic acids is 2. The minimum absolute atomic E-state index is 0.0573. The molecule has 0 aliphatic carbocycles. The number of carbonyl (C=O) groups is 2. The number of hydrogen-bond donors (Lipinski definition) is 3. The topological polar surface area (TPSA) is 92.4 Å². The van der Waals surface area contributed by atoms with Crippen LogP contribution in [0.4, 0.5) is 0 Å². The van der Waals surface area contributed by atoms with E-state index in [-0.39, 0.29) is 24.3 Å². The Morgan fingerprint density at radius 2 is 1.85 bits per heavy atom. The van der Waals surface area contributed by atoms with Gasteiger partial charge in [-0.05, 0) is 23.6 Å². The maximum Gasteiger partial charge on any atom is 0.248 e. The summed E-state index contributed by atoms with van der Waals surface area (Å²) in [4.78, 5) is 22.9. The molecule has 0 fully saturated rings. The zero-order chi connectivity index (χ0) is 15.3. The van der Waals surface area contributed by atoms with Gasteiger partial charge in [0.05, 0.1) is 12.5 Å². The van der Waals surface area contributed by atoms with E-state index >= 15 is 0 Å². The normalized spacial score (nSPS) is 13.8. The van der Waals surface area contributed by atoms with Gasteiger partial charge in [0.25, 0.3) is 0 Å². The van der Waals surface area contributed by atoms with Gasteiger partial charge in [-0.2, -0.15) is 0 Å². The van der Waals surface area contributed by atoms with E-state index in [1.54, 1.807) is 24.3 Å². The number of halogens is 1. The van der Waals surface area contributed by atoms with Gasteiger partial charge in [0.1, 0.15) is 6.10 Å². The van der Waals surface area contributed by atoms with Crippen LogP contribution in [0.1, 0.15) is 25.3 Å². The second-order valence-electron chi connectivity index (χ2n) is 4.94. The molecule has 20 heavy (non-hydrogen) atoms. The van der Waals surface area contributed by atoms with Gasteiger partial charge in [0, 0.05) is 5.02 Å². The van der Waals surface area contributed by atoms with Crippen molar-refractivity contribution in [3.63, 3.8) is 0 Å². The highest BCUT2D eigenvalue weighted by Crippen LogP contribution is 2.25. The Labute approximate surface area is 123 Å². The first kappa shape index (κ1) is 16.5. The summed E-state index contributed by atoms with van der Waals surface area (Å²) in [6.45, 7) is 3.65. The Bertz CT molecular complexity index is 474. The first-order valence-electron chi connectivity index (χ1n) is 6.33. The minimum Gasteiger partial charge on any atom is -0.381 e. The minimum atomic E-state index is -1.38. The third-order valence-corrected chi connectivity index (χ3v) is 3.23. The number of nitrogens with one attached hydrogen (secondary N) is 1. The molecule has 0 aromatic heterocycles. The maximum atomic E-state index is 12.2. The second-order valence-corrected chi connectivity index (χ2v) is 5.37. The van der Waals surface area contributed by atoms with E-state index in [4.69, 9.17) is 17.3 Å². The lowest BCUT2D eigenvalue weighted by molar-refractivity contribution is -0.127. The third kappa shape index (κ3) is 4.51. The fraction of sp³-hybridized carbons (Fsp3) is 0.429. The van der Waals surface area contributed by atoms with Crippen LogP contribution >= 0.6 is 11.6 Å². The predicted molar refractivity (Wildman–Crippen MR) is 77.2 cm³/mol. The smallest absolute Gasteiger partial charge is 0.248 e. The lowest BCUT2D eigenvalue weighted by Gasteiger charge is -2.21. The van der Waals surface area contributed by atoms with Crippen molar-refractivity contribution >= 4 is 23.4 Å². The summed E-state index contributed by atoms with van der Waals surface area (Å²) in [6.07, 6.45) is -1.38. The van der Waals surface area contributed by atoms with Crippen LogP contribution in [-0.2, 0) is 9.59 Å². The highest BCUT2D eigenvalue weighted by molar-refractivity contribution is 6.30. The Hall–Kier alpha value is -1.59. The van der Waals surface area contributed by atoms with E-state index in [1.165, 1.54) is 0 Å². The molecule has 0 radical (unpaired) electrons. The Morgan fingerprint density at radius 3 is 2.30 bits per heavy atom. The molecule has 2 amide bonds. The quantitative estimate of drug-likeness (QED) is 0.732. The van der Waals surface area contributed by atoms with Crippen molar-refractivity contribution in [3.8, 4) is 0 Å². The molecule has 0 saturated heterocycles. The summed E-state index contributed by atoms with van der Waals surface area (Å²) in [7, 11) is 0. The summed E-state index contributed by atoms with van der Waals surface area (Å²) in [6, 6.07) is 7.02. The fourth-order valence-electron chi connectivity index (χ4n) is 1.92.